The highest BCUT2D eigenvalue weighted by molar-refractivity contribution is 6.89. The molecule has 0 N–H and O–H groups in total. The van der Waals surface area contributed by atoms with Crippen molar-refractivity contribution in [1.82, 2.24) is 17.9 Å². The molecule has 51 heavy (non-hydrogen) atoms. The maximum Gasteiger partial charge on any atom is 0.427 e. The van der Waals surface area contributed by atoms with Crippen molar-refractivity contribution in [2.45, 2.75) is 125 Å². The molecular weight excluding hydrogens is 745 g/mol. The molecule has 0 aromatic heterocycles. The van der Waals surface area contributed by atoms with Gasteiger partial charge in [-0.3, -0.25) is 13.7 Å². The smallest absolute Gasteiger partial charge is 0.407 e. The summed E-state index contributed by atoms with van der Waals surface area (Å²) in [6.45, 7) is 15.5. The molecule has 4 aliphatic heterocycles. The van der Waals surface area contributed by atoms with Crippen molar-refractivity contribution in [1.29, 1.82) is 0 Å². The van der Waals surface area contributed by atoms with Gasteiger partial charge in [-0.1, -0.05) is 50.2 Å². The summed E-state index contributed by atoms with van der Waals surface area (Å²) in [5, 5.41) is 0. The Hall–Kier alpha value is 0.861. The van der Waals surface area contributed by atoms with Crippen molar-refractivity contribution in [3.8, 4) is 0 Å². The highest BCUT2D eigenvalue weighted by Gasteiger charge is 2.52. The number of hydrogen-bond donors (Lipinski definition) is 0. The highest BCUT2D eigenvalue weighted by Crippen LogP contribution is 2.40. The van der Waals surface area contributed by atoms with Crippen LogP contribution in [0.4, 0.5) is 0 Å². The molecule has 0 aromatic carbocycles. The topological polar surface area (TPSA) is 77.6 Å². The fourth-order valence-corrected chi connectivity index (χ4v) is 35.4. The van der Waals surface area contributed by atoms with Gasteiger partial charge in [0.1, 0.15) is 8.24 Å². The van der Waals surface area contributed by atoms with Crippen LogP contribution in [0.5, 0.6) is 0 Å². The van der Waals surface area contributed by atoms with E-state index in [1.54, 1.807) is 0 Å². The molecule has 1 unspecified atom stereocenters. The summed E-state index contributed by atoms with van der Waals surface area (Å²) < 4.78 is 54.3. The minimum Gasteiger partial charge on any atom is -0.407 e. The molecule has 0 bridgehead atoms. The second-order valence-electron chi connectivity index (χ2n) is 16.9. The quantitative estimate of drug-likeness (QED) is 0.101. The Morgan fingerprint density at radius 3 is 1.14 bits per heavy atom. The van der Waals surface area contributed by atoms with Gasteiger partial charge in [0.2, 0.25) is 0 Å². The van der Waals surface area contributed by atoms with Gasteiger partial charge < -0.3 is 35.2 Å². The van der Waals surface area contributed by atoms with Crippen LogP contribution in [0.2, 0.25) is 74.0 Å². The molecule has 300 valence electrons. The molecule has 4 saturated heterocycles. The predicted octanol–water partition coefficient (Wildman–Crippen LogP) is 6.44. The van der Waals surface area contributed by atoms with E-state index in [2.05, 4.69) is 37.6 Å². The Balaban J connectivity index is 1.56. The molecule has 4 heterocycles. The van der Waals surface area contributed by atoms with E-state index in [4.69, 9.17) is 31.0 Å². The lowest BCUT2D eigenvalue weighted by Gasteiger charge is -2.43. The Morgan fingerprint density at radius 1 is 0.451 bits per heavy atom. The van der Waals surface area contributed by atoms with Gasteiger partial charge in [-0.25, -0.2) is 0 Å². The normalized spacial score (nSPS) is 26.2. The molecular formula is C34H78N4O7Si6. The van der Waals surface area contributed by atoms with Crippen LogP contribution in [0.3, 0.4) is 0 Å². The van der Waals surface area contributed by atoms with Gasteiger partial charge in [0, 0.05) is 67.9 Å². The van der Waals surface area contributed by atoms with Gasteiger partial charge in [-0.15, -0.1) is 0 Å². The molecule has 4 fully saturated rings. The van der Waals surface area contributed by atoms with Gasteiger partial charge >= 0.3 is 26.2 Å². The minimum atomic E-state index is -2.25. The third-order valence-corrected chi connectivity index (χ3v) is 39.4. The summed E-state index contributed by atoms with van der Waals surface area (Å²) >= 11 is 0. The number of nitrogens with zero attached hydrogens (tertiary/aromatic N) is 4. The largest absolute Gasteiger partial charge is 0.427 e. The van der Waals surface area contributed by atoms with Gasteiger partial charge in [0.05, 0.1) is 8.07 Å². The molecule has 11 nitrogen and oxygen atoms in total. The lowest BCUT2D eigenvalue weighted by Crippen LogP contribution is -2.61. The van der Waals surface area contributed by atoms with Crippen molar-refractivity contribution < 1.29 is 31.0 Å². The minimum absolute atomic E-state index is 1.08. The maximum atomic E-state index is 6.67. The Kier molecular flexibility index (Phi) is 17.3. The zero-order valence-electron chi connectivity index (χ0n) is 34.6. The van der Waals surface area contributed by atoms with Crippen LogP contribution in [-0.2, 0) is 31.0 Å². The summed E-state index contributed by atoms with van der Waals surface area (Å²) in [6.07, 6.45) is 9.95. The third kappa shape index (κ3) is 10.2. The predicted molar refractivity (Wildman–Crippen MR) is 223 cm³/mol. The van der Waals surface area contributed by atoms with Crippen molar-refractivity contribution in [3.05, 3.63) is 0 Å². The van der Waals surface area contributed by atoms with Crippen LogP contribution in [0.1, 0.15) is 51.4 Å². The lowest BCUT2D eigenvalue weighted by molar-refractivity contribution is 0.182. The number of rotatable bonds is 24. The molecule has 0 saturated carbocycles. The van der Waals surface area contributed by atoms with Gasteiger partial charge in [0.15, 0.2) is 0 Å². The highest BCUT2D eigenvalue weighted by atomic mass is 28.4. The monoisotopic (exact) mass is 822 g/mol. The Bertz CT molecular complexity index is 951. The van der Waals surface area contributed by atoms with Crippen molar-refractivity contribution in [2.75, 3.05) is 95.6 Å². The van der Waals surface area contributed by atoms with Gasteiger partial charge in [0.25, 0.3) is 8.48 Å². The molecule has 4 aliphatic rings. The molecule has 0 aliphatic carbocycles. The molecule has 0 aromatic rings. The lowest BCUT2D eigenvalue weighted by atomic mass is 10.4. The summed E-state index contributed by atoms with van der Waals surface area (Å²) in [6, 6.07) is 11.4. The fraction of sp³-hybridized carbons (Fsp3) is 1.00. The van der Waals surface area contributed by atoms with Crippen molar-refractivity contribution in [2.24, 2.45) is 0 Å². The van der Waals surface area contributed by atoms with E-state index in [9.17, 15) is 0 Å². The van der Waals surface area contributed by atoms with Crippen molar-refractivity contribution >= 4 is 51.0 Å². The third-order valence-electron chi connectivity index (χ3n) is 13.4. The van der Waals surface area contributed by atoms with E-state index >= 15 is 0 Å². The Morgan fingerprint density at radius 2 is 0.804 bits per heavy atom. The maximum absolute atomic E-state index is 6.67. The van der Waals surface area contributed by atoms with Crippen molar-refractivity contribution in [3.63, 3.8) is 0 Å². The van der Waals surface area contributed by atoms with Crippen LogP contribution in [-0.4, -0.2) is 164 Å². The zero-order valence-corrected chi connectivity index (χ0v) is 40.6. The zero-order chi connectivity index (χ0) is 37.2. The number of hydrogen-bond acceptors (Lipinski definition) is 11. The summed E-state index contributed by atoms with van der Waals surface area (Å²) in [5.74, 6) is 0. The van der Waals surface area contributed by atoms with Gasteiger partial charge in [-0.2, -0.15) is 0 Å². The van der Waals surface area contributed by atoms with E-state index in [-0.39, 0.29) is 0 Å². The molecule has 0 amide bonds. The first kappa shape index (κ1) is 44.6. The standard InChI is InChI=1S/C34H78N4O7Si6/c1-39-48(30-17-25-38(48)46(8,9)10)31-18-29-47(26-11-19-35-22-14-32-49(35,40-2)41-3,27-12-20-36-23-15-33-50(36,42-4)43-5)28-13-21-37-24-16-34-51(37,44-6)45-7/h11-34H2,1-10H3. The first-order valence-electron chi connectivity index (χ1n) is 20.3. The molecule has 0 spiro atoms. The second kappa shape index (κ2) is 19.8. The van der Waals surface area contributed by atoms with Crippen LogP contribution in [0.25, 0.3) is 0 Å². The molecule has 1 atom stereocenters. The van der Waals surface area contributed by atoms with E-state index in [1.165, 1.54) is 94.2 Å². The first-order chi connectivity index (χ1) is 24.4. The van der Waals surface area contributed by atoms with Crippen LogP contribution < -0.4 is 0 Å². The van der Waals surface area contributed by atoms with Crippen LogP contribution in [0, 0.1) is 0 Å². The summed E-state index contributed by atoms with van der Waals surface area (Å²) in [4.78, 5) is 0. The summed E-state index contributed by atoms with van der Waals surface area (Å²) in [5.41, 5.74) is 0. The first-order valence-corrected chi connectivity index (χ1v) is 34.8. The molecule has 0 radical (unpaired) electrons. The van der Waals surface area contributed by atoms with Gasteiger partial charge in [-0.05, 0) is 103 Å². The van der Waals surface area contributed by atoms with E-state index in [0.29, 0.717) is 0 Å². The second-order valence-corrected chi connectivity index (χ2v) is 41.2. The summed E-state index contributed by atoms with van der Waals surface area (Å²) in [7, 11) is 1.48. The fourth-order valence-electron chi connectivity index (χ4n) is 10.7. The van der Waals surface area contributed by atoms with E-state index in [0.717, 1.165) is 57.4 Å². The molecule has 4 rings (SSSR count). The Labute approximate surface area is 319 Å². The van der Waals surface area contributed by atoms with E-state index < -0.39 is 51.0 Å². The van der Waals surface area contributed by atoms with Crippen LogP contribution in [0.15, 0.2) is 0 Å². The van der Waals surface area contributed by atoms with Crippen LogP contribution >= 0.6 is 0 Å². The molecule has 17 heteroatoms. The SMILES string of the molecule is CO[Si]1(CCC[Si](CCCN2CCC[Si]2(OC)OC)(CCCN2CCC[Si]2(OC)OC)CCCN2CCC[Si]2(OC)OC)CCCN1[Si](C)(C)C. The average Bonchev–Trinajstić information content (AvgIpc) is 3.93. The average molecular weight is 824 g/mol. The van der Waals surface area contributed by atoms with E-state index in [1.807, 2.05) is 49.8 Å².